The summed E-state index contributed by atoms with van der Waals surface area (Å²) in [6.07, 6.45) is 16.5. The minimum Gasteiger partial charge on any atom is -0.505 e. The van der Waals surface area contributed by atoms with E-state index in [4.69, 9.17) is 45.7 Å². The molecule has 16 nitrogen and oxygen atoms in total. The maximum Gasteiger partial charge on any atom is 0.488 e. The topological polar surface area (TPSA) is 205 Å². The predicted molar refractivity (Wildman–Crippen MR) is 247 cm³/mol. The van der Waals surface area contributed by atoms with Crippen LogP contribution >= 0.6 is 11.6 Å². The molecule has 4 aromatic heterocycles. The molecule has 0 radical (unpaired) electrons. The molecule has 2 saturated carbocycles. The largest absolute Gasteiger partial charge is 0.505 e. The van der Waals surface area contributed by atoms with Gasteiger partial charge in [0.25, 0.3) is 0 Å². The van der Waals surface area contributed by atoms with Crippen molar-refractivity contribution in [2.45, 2.75) is 118 Å². The molecule has 2 saturated heterocycles. The molecule has 4 fully saturated rings. The number of ether oxygens (including phenoxy) is 4. The van der Waals surface area contributed by atoms with Gasteiger partial charge in [-0.25, -0.2) is 23.1 Å². The van der Waals surface area contributed by atoms with Crippen LogP contribution in [-0.4, -0.2) is 93.3 Å². The lowest BCUT2D eigenvalue weighted by atomic mass is 9.71. The molecular weight excluding hydrogens is 877 g/mol. The summed E-state index contributed by atoms with van der Waals surface area (Å²) in [4.78, 5) is 17.9. The first kappa shape index (κ1) is 50.2. The van der Waals surface area contributed by atoms with E-state index in [1.165, 1.54) is 43.9 Å². The van der Waals surface area contributed by atoms with E-state index in [1.54, 1.807) is 27.8 Å². The number of rotatable bonds is 10. The van der Waals surface area contributed by atoms with E-state index in [1.807, 2.05) is 0 Å². The quantitative estimate of drug-likeness (QED) is 0.0749. The van der Waals surface area contributed by atoms with E-state index in [9.17, 15) is 13.9 Å². The molecule has 2 aliphatic carbocycles. The zero-order valence-electron chi connectivity index (χ0n) is 35.8. The molecular formula is C46H60BClF2N8O8. The van der Waals surface area contributed by atoms with Crippen molar-refractivity contribution in [2.24, 2.45) is 10.8 Å². The second-order valence-electron chi connectivity index (χ2n) is 17.6. The van der Waals surface area contributed by atoms with Gasteiger partial charge in [-0.1, -0.05) is 47.6 Å². The number of benzene rings is 2. The average molecular weight is 937 g/mol. The van der Waals surface area contributed by atoms with Crippen LogP contribution < -0.4 is 14.9 Å². The molecule has 356 valence electrons. The Hall–Kier alpha value is -5.21. The summed E-state index contributed by atoms with van der Waals surface area (Å²) in [5.41, 5.74) is 2.18. The highest BCUT2D eigenvalue weighted by Crippen LogP contribution is 2.42. The first-order valence-corrected chi connectivity index (χ1v) is 22.1. The second-order valence-corrected chi connectivity index (χ2v) is 17.9. The highest BCUT2D eigenvalue weighted by Gasteiger charge is 2.34. The van der Waals surface area contributed by atoms with Gasteiger partial charge in [-0.05, 0) is 112 Å². The van der Waals surface area contributed by atoms with Crippen LogP contribution in [0.5, 0.6) is 23.3 Å². The van der Waals surface area contributed by atoms with Crippen LogP contribution in [0.3, 0.4) is 0 Å². The minimum atomic E-state index is -1.70. The third-order valence-electron chi connectivity index (χ3n) is 12.4. The van der Waals surface area contributed by atoms with Gasteiger partial charge in [0.05, 0.1) is 25.6 Å². The SMILES string of the molecule is C.C.CC1(COc2nc(-c3ccc(O)c(F)c3)nc3c2cnn3C2CCCCO2)CCC1.CC1(COc2nc(Cl)nc3c2cnn3C2CCCCO2)CCC1.OB(O)c1ccc(O)c(F)c1. The van der Waals surface area contributed by atoms with Crippen LogP contribution in [0.4, 0.5) is 8.78 Å². The van der Waals surface area contributed by atoms with Crippen molar-refractivity contribution in [1.82, 2.24) is 39.5 Å². The molecule has 6 aromatic rings. The van der Waals surface area contributed by atoms with Gasteiger partial charge in [0, 0.05) is 29.6 Å². The van der Waals surface area contributed by atoms with Crippen molar-refractivity contribution in [3.63, 3.8) is 0 Å². The Morgan fingerprint density at radius 1 is 0.697 bits per heavy atom. The Morgan fingerprint density at radius 2 is 1.20 bits per heavy atom. The molecule has 0 bridgehead atoms. The Morgan fingerprint density at radius 3 is 1.65 bits per heavy atom. The lowest BCUT2D eigenvalue weighted by molar-refractivity contribution is -0.0371. The fraction of sp³-hybridized carbons (Fsp3) is 0.522. The zero-order valence-corrected chi connectivity index (χ0v) is 36.6. The fourth-order valence-corrected chi connectivity index (χ4v) is 8.20. The molecule has 2 atom stereocenters. The number of phenolic OH excluding ortho intramolecular Hbond substituents is 2. The van der Waals surface area contributed by atoms with E-state index in [2.05, 4.69) is 44.0 Å². The maximum atomic E-state index is 14.0. The average Bonchev–Trinajstić information content (AvgIpc) is 3.91. The molecule has 0 spiro atoms. The van der Waals surface area contributed by atoms with Gasteiger partial charge in [-0.15, -0.1) is 0 Å². The standard InChI is InChI=1S/C22H25FN4O3.C16H21ClN4O2.C6H6BFO3.2CH4/c1-22(8-4-9-22)13-30-21-15-12-24-27(18-5-2-3-10-29-18)20(15)25-19(26-21)14-6-7-17(28)16(23)11-14;1-16(6-4-7-16)10-23-14-11-9-18-21(12-5-2-3-8-22-12)13(11)19-15(17)20-14;8-5-3-4(7(10)11)1-2-6(5)9;;/h6-7,11-12,18,28H,2-5,8-10,13H2,1H3;9,12H,2-8,10H2,1H3;1-3,9-11H;2*1H4. The van der Waals surface area contributed by atoms with Crippen molar-refractivity contribution < 1.29 is 48.0 Å². The number of phenols is 2. The van der Waals surface area contributed by atoms with E-state index in [0.717, 1.165) is 80.9 Å². The Balaban J connectivity index is 0.000000177. The molecule has 2 aliphatic heterocycles. The Bertz CT molecular complexity index is 2560. The maximum absolute atomic E-state index is 14.0. The van der Waals surface area contributed by atoms with Crippen LogP contribution in [0.15, 0.2) is 48.8 Å². The zero-order chi connectivity index (χ0) is 45.0. The van der Waals surface area contributed by atoms with E-state index in [-0.39, 0.29) is 48.9 Å². The van der Waals surface area contributed by atoms with Crippen molar-refractivity contribution in [1.29, 1.82) is 0 Å². The molecule has 4 N–H and O–H groups in total. The van der Waals surface area contributed by atoms with Gasteiger partial charge >= 0.3 is 7.12 Å². The molecule has 0 amide bonds. The van der Waals surface area contributed by atoms with Gasteiger partial charge in [-0.2, -0.15) is 25.1 Å². The van der Waals surface area contributed by atoms with E-state index in [0.29, 0.717) is 54.3 Å². The summed E-state index contributed by atoms with van der Waals surface area (Å²) >= 11 is 6.11. The third kappa shape index (κ3) is 11.5. The normalized spacial score (nSPS) is 19.3. The molecule has 2 unspecified atom stereocenters. The first-order chi connectivity index (χ1) is 30.8. The predicted octanol–water partition coefficient (Wildman–Crippen LogP) is 8.84. The van der Waals surface area contributed by atoms with Gasteiger partial charge in [-0.3, -0.25) is 0 Å². The summed E-state index contributed by atoms with van der Waals surface area (Å²) < 4.78 is 53.9. The number of aromatic hydroxyl groups is 2. The van der Waals surface area contributed by atoms with E-state index < -0.39 is 30.3 Å². The first-order valence-electron chi connectivity index (χ1n) is 21.8. The van der Waals surface area contributed by atoms with Gasteiger partial charge in [0.2, 0.25) is 17.0 Å². The van der Waals surface area contributed by atoms with Crippen LogP contribution in [0.1, 0.15) is 118 Å². The van der Waals surface area contributed by atoms with Crippen molar-refractivity contribution in [3.8, 4) is 34.6 Å². The minimum absolute atomic E-state index is 0. The number of fused-ring (bicyclic) bond motifs is 2. The van der Waals surface area contributed by atoms with Crippen LogP contribution in [-0.2, 0) is 9.47 Å². The summed E-state index contributed by atoms with van der Waals surface area (Å²) in [6.45, 7) is 7.12. The Kier molecular flexibility index (Phi) is 16.4. The van der Waals surface area contributed by atoms with Gasteiger partial charge in [0.1, 0.15) is 10.8 Å². The van der Waals surface area contributed by atoms with Crippen LogP contribution in [0, 0.1) is 22.5 Å². The molecule has 66 heavy (non-hydrogen) atoms. The lowest BCUT2D eigenvalue weighted by Crippen LogP contribution is -2.32. The number of hydrogen-bond donors (Lipinski definition) is 4. The molecule has 20 heteroatoms. The lowest BCUT2D eigenvalue weighted by Gasteiger charge is -2.37. The van der Waals surface area contributed by atoms with Crippen molar-refractivity contribution >= 4 is 46.2 Å². The van der Waals surface area contributed by atoms with Crippen molar-refractivity contribution in [2.75, 3.05) is 26.4 Å². The number of nitrogens with zero attached hydrogens (tertiary/aromatic N) is 8. The highest BCUT2D eigenvalue weighted by atomic mass is 35.5. The Labute approximate surface area is 388 Å². The van der Waals surface area contributed by atoms with E-state index >= 15 is 0 Å². The third-order valence-corrected chi connectivity index (χ3v) is 12.5. The fourth-order valence-electron chi connectivity index (χ4n) is 8.04. The summed E-state index contributed by atoms with van der Waals surface area (Å²) in [7, 11) is -1.70. The van der Waals surface area contributed by atoms with Gasteiger partial charge in [0.15, 0.2) is 52.7 Å². The second kappa shape index (κ2) is 21.6. The smallest absolute Gasteiger partial charge is 0.488 e. The monoisotopic (exact) mass is 936 g/mol. The van der Waals surface area contributed by atoms with Crippen LogP contribution in [0.2, 0.25) is 5.28 Å². The summed E-state index contributed by atoms with van der Waals surface area (Å²) in [5, 5.41) is 46.0. The molecule has 6 heterocycles. The summed E-state index contributed by atoms with van der Waals surface area (Å²) in [5.74, 6) is -1.20. The van der Waals surface area contributed by atoms with Crippen LogP contribution in [0.25, 0.3) is 33.5 Å². The number of halogens is 3. The van der Waals surface area contributed by atoms with Gasteiger partial charge < -0.3 is 39.2 Å². The van der Waals surface area contributed by atoms with Crippen molar-refractivity contribution in [3.05, 3.63) is 65.7 Å². The molecule has 4 aliphatic rings. The molecule has 2 aromatic carbocycles. The summed E-state index contributed by atoms with van der Waals surface area (Å²) in [6, 6.07) is 7.27. The highest BCUT2D eigenvalue weighted by molar-refractivity contribution is 6.58. The number of hydrogen-bond acceptors (Lipinski definition) is 14. The number of aromatic nitrogens is 8. The molecule has 10 rings (SSSR count).